The lowest BCUT2D eigenvalue weighted by molar-refractivity contribution is -0.138. The number of aliphatic carboxylic acids is 1. The Labute approximate surface area is 109 Å². The van der Waals surface area contributed by atoms with Gasteiger partial charge in [0, 0.05) is 19.1 Å². The summed E-state index contributed by atoms with van der Waals surface area (Å²) < 4.78 is 0. The van der Waals surface area contributed by atoms with Crippen LogP contribution in [-0.2, 0) is 4.79 Å². The van der Waals surface area contributed by atoms with E-state index in [0.29, 0.717) is 18.5 Å². The fourth-order valence-electron chi connectivity index (χ4n) is 2.22. The maximum Gasteiger partial charge on any atom is 0.317 e. The predicted molar refractivity (Wildman–Crippen MR) is 69.5 cm³/mol. The van der Waals surface area contributed by atoms with Crippen molar-refractivity contribution in [2.24, 2.45) is 5.41 Å². The van der Waals surface area contributed by atoms with Crippen LogP contribution in [-0.4, -0.2) is 41.1 Å². The molecule has 5 nitrogen and oxygen atoms in total. The largest absolute Gasteiger partial charge is 0.481 e. The van der Waals surface area contributed by atoms with Crippen LogP contribution in [0.4, 0.5) is 4.79 Å². The number of carbonyl (C=O) groups excluding carboxylic acids is 1. The molecule has 0 bridgehead atoms. The molecular weight excluding hydrogens is 232 g/mol. The van der Waals surface area contributed by atoms with Gasteiger partial charge in [0.1, 0.15) is 0 Å². The topological polar surface area (TPSA) is 69.6 Å². The molecule has 5 heteroatoms. The second-order valence-electron chi connectivity index (χ2n) is 5.25. The van der Waals surface area contributed by atoms with Crippen molar-refractivity contribution in [3.05, 3.63) is 0 Å². The molecule has 0 aromatic heterocycles. The van der Waals surface area contributed by atoms with E-state index in [0.717, 1.165) is 6.42 Å². The number of nitrogens with one attached hydrogen (secondary N) is 1. The fourth-order valence-corrected chi connectivity index (χ4v) is 2.22. The van der Waals surface area contributed by atoms with E-state index in [1.165, 1.54) is 12.8 Å². The van der Waals surface area contributed by atoms with Crippen molar-refractivity contribution in [2.45, 2.75) is 52.5 Å². The zero-order valence-electron chi connectivity index (χ0n) is 11.5. The van der Waals surface area contributed by atoms with Gasteiger partial charge in [-0.25, -0.2) is 4.79 Å². The van der Waals surface area contributed by atoms with E-state index in [-0.39, 0.29) is 18.5 Å². The summed E-state index contributed by atoms with van der Waals surface area (Å²) in [6.07, 6.45) is 3.44. The van der Waals surface area contributed by atoms with Gasteiger partial charge < -0.3 is 15.3 Å². The van der Waals surface area contributed by atoms with Gasteiger partial charge in [-0.15, -0.1) is 0 Å². The van der Waals surface area contributed by atoms with Gasteiger partial charge in [0.15, 0.2) is 0 Å². The molecule has 1 saturated carbocycles. The van der Waals surface area contributed by atoms with Crippen LogP contribution in [0.25, 0.3) is 0 Å². The molecule has 1 unspecified atom stereocenters. The number of hydrogen-bond acceptors (Lipinski definition) is 2. The lowest BCUT2D eigenvalue weighted by Gasteiger charge is -2.28. The third kappa shape index (κ3) is 3.89. The van der Waals surface area contributed by atoms with E-state index < -0.39 is 5.97 Å². The van der Waals surface area contributed by atoms with Crippen LogP contribution >= 0.6 is 0 Å². The first-order valence-electron chi connectivity index (χ1n) is 6.70. The molecule has 1 atom stereocenters. The van der Waals surface area contributed by atoms with Crippen molar-refractivity contribution >= 4 is 12.0 Å². The average Bonchev–Trinajstić information content (AvgIpc) is 3.07. The van der Waals surface area contributed by atoms with Gasteiger partial charge in [-0.2, -0.15) is 0 Å². The number of carboxylic acids is 1. The number of amides is 2. The quantitative estimate of drug-likeness (QED) is 0.732. The van der Waals surface area contributed by atoms with Crippen molar-refractivity contribution in [3.63, 3.8) is 0 Å². The van der Waals surface area contributed by atoms with Gasteiger partial charge in [0.25, 0.3) is 0 Å². The SMILES string of the molecule is CCN(C(=O)NCC1(CC)CC1)C(C)CC(=O)O. The monoisotopic (exact) mass is 256 g/mol. The van der Waals surface area contributed by atoms with Gasteiger partial charge in [0.05, 0.1) is 6.42 Å². The lowest BCUT2D eigenvalue weighted by Crippen LogP contribution is -2.47. The van der Waals surface area contributed by atoms with Gasteiger partial charge >= 0.3 is 12.0 Å². The minimum Gasteiger partial charge on any atom is -0.481 e. The van der Waals surface area contributed by atoms with Crippen LogP contribution in [0.1, 0.15) is 46.5 Å². The molecular formula is C13H24N2O3. The first kappa shape index (κ1) is 14.8. The molecule has 104 valence electrons. The minimum atomic E-state index is -0.874. The van der Waals surface area contributed by atoms with E-state index in [4.69, 9.17) is 5.11 Å². The summed E-state index contributed by atoms with van der Waals surface area (Å²) in [6.45, 7) is 7.01. The van der Waals surface area contributed by atoms with Crippen molar-refractivity contribution < 1.29 is 14.7 Å². The van der Waals surface area contributed by atoms with E-state index in [2.05, 4.69) is 12.2 Å². The molecule has 18 heavy (non-hydrogen) atoms. The normalized spacial score (nSPS) is 17.9. The second kappa shape index (κ2) is 6.07. The standard InChI is InChI=1S/C13H24N2O3/c1-4-13(6-7-13)9-14-12(18)15(5-2)10(3)8-11(16)17/h10H,4-9H2,1-3H3,(H,14,18)(H,16,17). The Morgan fingerprint density at radius 1 is 1.39 bits per heavy atom. The summed E-state index contributed by atoms with van der Waals surface area (Å²) >= 11 is 0. The number of hydrogen-bond donors (Lipinski definition) is 2. The Bertz CT molecular complexity index is 313. The third-order valence-corrected chi connectivity index (χ3v) is 3.93. The van der Waals surface area contributed by atoms with Crippen LogP contribution in [0.2, 0.25) is 0 Å². The van der Waals surface area contributed by atoms with Crippen molar-refractivity contribution in [1.29, 1.82) is 0 Å². The Kier molecular flexibility index (Phi) is 4.99. The molecule has 0 aromatic carbocycles. The summed E-state index contributed by atoms with van der Waals surface area (Å²) in [5, 5.41) is 11.7. The molecule has 1 aliphatic rings. The summed E-state index contributed by atoms with van der Waals surface area (Å²) in [7, 11) is 0. The Morgan fingerprint density at radius 2 is 2.00 bits per heavy atom. The highest BCUT2D eigenvalue weighted by molar-refractivity contribution is 5.76. The average molecular weight is 256 g/mol. The molecule has 0 radical (unpaired) electrons. The zero-order chi connectivity index (χ0) is 13.8. The number of rotatable bonds is 7. The van der Waals surface area contributed by atoms with Crippen LogP contribution in [0.15, 0.2) is 0 Å². The summed E-state index contributed by atoms with van der Waals surface area (Å²) in [4.78, 5) is 24.3. The number of nitrogens with zero attached hydrogens (tertiary/aromatic N) is 1. The first-order chi connectivity index (χ1) is 8.44. The van der Waals surface area contributed by atoms with Crippen LogP contribution in [0.5, 0.6) is 0 Å². The molecule has 0 spiro atoms. The molecule has 1 rings (SSSR count). The molecule has 1 fully saturated rings. The van der Waals surface area contributed by atoms with E-state index in [1.54, 1.807) is 11.8 Å². The van der Waals surface area contributed by atoms with Crippen LogP contribution in [0.3, 0.4) is 0 Å². The lowest BCUT2D eigenvalue weighted by atomic mass is 10.0. The Balaban J connectivity index is 2.43. The molecule has 0 aliphatic heterocycles. The number of urea groups is 1. The van der Waals surface area contributed by atoms with Crippen LogP contribution < -0.4 is 5.32 Å². The highest BCUT2D eigenvalue weighted by Gasteiger charge is 2.41. The molecule has 0 aromatic rings. The van der Waals surface area contributed by atoms with Crippen molar-refractivity contribution in [3.8, 4) is 0 Å². The highest BCUT2D eigenvalue weighted by Crippen LogP contribution is 2.47. The smallest absolute Gasteiger partial charge is 0.317 e. The van der Waals surface area contributed by atoms with E-state index in [9.17, 15) is 9.59 Å². The Morgan fingerprint density at radius 3 is 2.39 bits per heavy atom. The fraction of sp³-hybridized carbons (Fsp3) is 0.846. The summed E-state index contributed by atoms with van der Waals surface area (Å²) in [5.74, 6) is -0.874. The second-order valence-corrected chi connectivity index (χ2v) is 5.25. The highest BCUT2D eigenvalue weighted by atomic mass is 16.4. The maximum absolute atomic E-state index is 12.0. The first-order valence-corrected chi connectivity index (χ1v) is 6.70. The molecule has 0 saturated heterocycles. The summed E-state index contributed by atoms with van der Waals surface area (Å²) in [5.41, 5.74) is 0.311. The van der Waals surface area contributed by atoms with Gasteiger partial charge in [-0.3, -0.25) is 4.79 Å². The molecule has 0 heterocycles. The summed E-state index contributed by atoms with van der Waals surface area (Å²) in [6, 6.07) is -0.421. The minimum absolute atomic E-state index is 0.0137. The number of carboxylic acid groups (broad SMARTS) is 1. The molecule has 2 amide bonds. The van der Waals surface area contributed by atoms with Gasteiger partial charge in [-0.1, -0.05) is 6.92 Å². The molecule has 1 aliphatic carbocycles. The van der Waals surface area contributed by atoms with Crippen molar-refractivity contribution in [1.82, 2.24) is 10.2 Å². The molecule has 2 N–H and O–H groups in total. The van der Waals surface area contributed by atoms with E-state index in [1.807, 2.05) is 6.92 Å². The predicted octanol–water partition coefficient (Wildman–Crippen LogP) is 2.07. The number of carbonyl (C=O) groups is 2. The van der Waals surface area contributed by atoms with Gasteiger partial charge in [0.2, 0.25) is 0 Å². The van der Waals surface area contributed by atoms with Gasteiger partial charge in [-0.05, 0) is 38.5 Å². The maximum atomic E-state index is 12.0. The van der Waals surface area contributed by atoms with Crippen molar-refractivity contribution in [2.75, 3.05) is 13.1 Å². The van der Waals surface area contributed by atoms with E-state index >= 15 is 0 Å². The van der Waals surface area contributed by atoms with Crippen LogP contribution in [0, 0.1) is 5.41 Å². The Hall–Kier alpha value is -1.26. The zero-order valence-corrected chi connectivity index (χ0v) is 11.5. The third-order valence-electron chi connectivity index (χ3n) is 3.93.